The summed E-state index contributed by atoms with van der Waals surface area (Å²) in [6.07, 6.45) is -4.57. The van der Waals surface area contributed by atoms with Crippen molar-refractivity contribution < 1.29 is 31.5 Å². The van der Waals surface area contributed by atoms with Crippen LogP contribution in [0.4, 0.5) is 22.0 Å². The predicted octanol–water partition coefficient (Wildman–Crippen LogP) is 5.14. The minimum atomic E-state index is -4.57. The minimum absolute atomic E-state index is 0.0463. The van der Waals surface area contributed by atoms with Crippen LogP contribution in [0.15, 0.2) is 52.4 Å². The van der Waals surface area contributed by atoms with Gasteiger partial charge < -0.3 is 4.74 Å². The van der Waals surface area contributed by atoms with E-state index < -0.39 is 34.7 Å². The summed E-state index contributed by atoms with van der Waals surface area (Å²) in [4.78, 5) is 30.9. The van der Waals surface area contributed by atoms with Crippen LogP contribution >= 0.6 is 11.8 Å². The highest BCUT2D eigenvalue weighted by atomic mass is 32.2. The number of benzene rings is 2. The fraction of sp³-hybridized carbons (Fsp3) is 0.150. The van der Waals surface area contributed by atoms with Crippen molar-refractivity contribution in [2.45, 2.75) is 18.3 Å². The van der Waals surface area contributed by atoms with Crippen molar-refractivity contribution in [3.63, 3.8) is 0 Å². The molecule has 31 heavy (non-hydrogen) atoms. The molecule has 1 N–H and O–H groups in total. The number of rotatable bonds is 6. The maximum atomic E-state index is 13.3. The molecule has 0 bridgehead atoms. The van der Waals surface area contributed by atoms with Crippen molar-refractivity contribution in [1.29, 1.82) is 0 Å². The zero-order valence-electron chi connectivity index (χ0n) is 15.7. The Kier molecular flexibility index (Phi) is 6.44. The van der Waals surface area contributed by atoms with Crippen LogP contribution in [0.5, 0.6) is 11.5 Å². The summed E-state index contributed by atoms with van der Waals surface area (Å²) < 4.78 is 70.0. The highest BCUT2D eigenvalue weighted by Gasteiger charge is 2.30. The van der Waals surface area contributed by atoms with E-state index in [9.17, 15) is 31.5 Å². The fourth-order valence-corrected chi connectivity index (χ4v) is 3.28. The van der Waals surface area contributed by atoms with Crippen LogP contribution in [-0.4, -0.2) is 21.5 Å². The average Bonchev–Trinajstić information content (AvgIpc) is 2.70. The van der Waals surface area contributed by atoms with Gasteiger partial charge in [0.15, 0.2) is 22.6 Å². The molecule has 0 aliphatic carbocycles. The molecular formula is C20H13F5N2O3S. The van der Waals surface area contributed by atoms with Gasteiger partial charge >= 0.3 is 6.18 Å². The van der Waals surface area contributed by atoms with E-state index in [2.05, 4.69) is 9.97 Å². The van der Waals surface area contributed by atoms with Crippen LogP contribution in [0.25, 0.3) is 0 Å². The highest BCUT2D eigenvalue weighted by molar-refractivity contribution is 7.99. The highest BCUT2D eigenvalue weighted by Crippen LogP contribution is 2.32. The minimum Gasteiger partial charge on any atom is -0.450 e. The van der Waals surface area contributed by atoms with Gasteiger partial charge in [0.2, 0.25) is 5.75 Å². The lowest BCUT2D eigenvalue weighted by molar-refractivity contribution is -0.137. The van der Waals surface area contributed by atoms with Crippen LogP contribution < -0.4 is 10.3 Å². The molecule has 0 atom stereocenters. The van der Waals surface area contributed by atoms with Gasteiger partial charge in [-0.3, -0.25) is 14.6 Å². The number of aryl methyl sites for hydroxylation is 1. The molecule has 0 radical (unpaired) electrons. The first-order valence-corrected chi connectivity index (χ1v) is 9.60. The molecule has 3 aromatic rings. The third-order valence-corrected chi connectivity index (χ3v) is 4.86. The number of Topliss-reactive ketones (excluding diaryl/α,β-unsaturated/α-hetero) is 1. The normalized spacial score (nSPS) is 11.4. The second-order valence-electron chi connectivity index (χ2n) is 6.25. The van der Waals surface area contributed by atoms with Crippen LogP contribution in [0.3, 0.4) is 0 Å². The van der Waals surface area contributed by atoms with Crippen molar-refractivity contribution in [1.82, 2.24) is 9.97 Å². The fourth-order valence-electron chi connectivity index (χ4n) is 2.48. The number of alkyl halides is 3. The molecule has 5 nitrogen and oxygen atoms in total. The smallest absolute Gasteiger partial charge is 0.416 e. The predicted molar refractivity (Wildman–Crippen MR) is 103 cm³/mol. The number of ketones is 1. The Labute approximate surface area is 176 Å². The Morgan fingerprint density at radius 2 is 1.87 bits per heavy atom. The van der Waals surface area contributed by atoms with E-state index in [-0.39, 0.29) is 33.7 Å². The molecule has 0 spiro atoms. The molecule has 1 aromatic heterocycles. The van der Waals surface area contributed by atoms with E-state index in [1.165, 1.54) is 13.0 Å². The Hall–Kier alpha value is -3.21. The standard InChI is InChI=1S/C20H13F5N2O3S/c1-10-17(30-13-4-2-3-12(8-13)20(23,24)25)18(29)27-19(26-10)31-9-16(28)11-5-6-14(21)15(22)7-11/h2-8H,9H2,1H3,(H,26,27,29). The molecule has 0 fully saturated rings. The molecule has 0 amide bonds. The lowest BCUT2D eigenvalue weighted by atomic mass is 10.1. The number of nitrogens with one attached hydrogen (secondary N) is 1. The van der Waals surface area contributed by atoms with Crippen LogP contribution in [-0.2, 0) is 6.18 Å². The first-order chi connectivity index (χ1) is 14.5. The van der Waals surface area contributed by atoms with E-state index >= 15 is 0 Å². The van der Waals surface area contributed by atoms with Gasteiger partial charge in [-0.1, -0.05) is 17.8 Å². The van der Waals surface area contributed by atoms with E-state index in [0.717, 1.165) is 48.2 Å². The lowest BCUT2D eigenvalue weighted by Gasteiger charge is -2.11. The van der Waals surface area contributed by atoms with E-state index in [1.54, 1.807) is 0 Å². The van der Waals surface area contributed by atoms with Crippen LogP contribution in [0.2, 0.25) is 0 Å². The number of aromatic nitrogens is 2. The maximum absolute atomic E-state index is 13.3. The van der Waals surface area contributed by atoms with Gasteiger partial charge in [0, 0.05) is 5.56 Å². The maximum Gasteiger partial charge on any atom is 0.416 e. The largest absolute Gasteiger partial charge is 0.450 e. The summed E-state index contributed by atoms with van der Waals surface area (Å²) in [5.74, 6) is -3.47. The second kappa shape index (κ2) is 8.88. The van der Waals surface area contributed by atoms with Gasteiger partial charge in [-0.15, -0.1) is 0 Å². The molecule has 162 valence electrons. The van der Waals surface area contributed by atoms with E-state index in [0.29, 0.717) is 0 Å². The van der Waals surface area contributed by atoms with Crippen molar-refractivity contribution >= 4 is 17.5 Å². The monoisotopic (exact) mass is 456 g/mol. The van der Waals surface area contributed by atoms with Crippen LogP contribution in [0, 0.1) is 18.6 Å². The Morgan fingerprint density at radius 1 is 1.13 bits per heavy atom. The van der Waals surface area contributed by atoms with E-state index in [1.807, 2.05) is 0 Å². The number of carbonyl (C=O) groups is 1. The first-order valence-electron chi connectivity index (χ1n) is 8.61. The molecule has 11 heteroatoms. The molecule has 1 heterocycles. The second-order valence-corrected chi connectivity index (χ2v) is 7.22. The summed E-state index contributed by atoms with van der Waals surface area (Å²) in [6.45, 7) is 1.42. The van der Waals surface area contributed by atoms with E-state index in [4.69, 9.17) is 4.74 Å². The third kappa shape index (κ3) is 5.48. The number of ether oxygens (including phenoxy) is 1. The summed E-state index contributed by atoms with van der Waals surface area (Å²) >= 11 is 0.846. The molecule has 0 saturated carbocycles. The zero-order chi connectivity index (χ0) is 22.8. The number of thioether (sulfide) groups is 1. The van der Waals surface area contributed by atoms with Gasteiger partial charge in [0.05, 0.1) is 17.0 Å². The molecule has 2 aromatic carbocycles. The van der Waals surface area contributed by atoms with Gasteiger partial charge in [0.1, 0.15) is 5.75 Å². The molecule has 0 aliphatic rings. The van der Waals surface area contributed by atoms with Crippen molar-refractivity contribution in [3.05, 3.63) is 81.3 Å². The molecular weight excluding hydrogens is 443 g/mol. The summed E-state index contributed by atoms with van der Waals surface area (Å²) in [6, 6.07) is 6.76. The summed E-state index contributed by atoms with van der Waals surface area (Å²) in [5, 5.41) is 0.0508. The Balaban J connectivity index is 1.74. The number of H-pyrrole nitrogens is 1. The molecule has 0 saturated heterocycles. The van der Waals surface area contributed by atoms with Gasteiger partial charge in [-0.2, -0.15) is 13.2 Å². The topological polar surface area (TPSA) is 72.0 Å². The number of hydrogen-bond donors (Lipinski definition) is 1. The zero-order valence-corrected chi connectivity index (χ0v) is 16.5. The van der Waals surface area contributed by atoms with Crippen molar-refractivity contribution in [3.8, 4) is 11.5 Å². The Morgan fingerprint density at radius 3 is 2.52 bits per heavy atom. The Bertz CT molecular complexity index is 1190. The SMILES string of the molecule is Cc1nc(SCC(=O)c2ccc(F)c(F)c2)[nH]c(=O)c1Oc1cccc(C(F)(F)F)c1. The quantitative estimate of drug-likeness (QED) is 0.241. The summed E-state index contributed by atoms with van der Waals surface area (Å²) in [7, 11) is 0. The summed E-state index contributed by atoms with van der Waals surface area (Å²) in [5.41, 5.74) is -1.65. The lowest BCUT2D eigenvalue weighted by Crippen LogP contribution is -2.14. The number of hydrogen-bond acceptors (Lipinski definition) is 5. The van der Waals surface area contributed by atoms with Crippen LogP contribution in [0.1, 0.15) is 21.6 Å². The number of aromatic amines is 1. The van der Waals surface area contributed by atoms with Gasteiger partial charge in [0.25, 0.3) is 5.56 Å². The average molecular weight is 456 g/mol. The van der Waals surface area contributed by atoms with Crippen molar-refractivity contribution in [2.75, 3.05) is 5.75 Å². The van der Waals surface area contributed by atoms with Gasteiger partial charge in [-0.05, 0) is 43.3 Å². The number of nitrogens with zero attached hydrogens (tertiary/aromatic N) is 1. The van der Waals surface area contributed by atoms with Crippen molar-refractivity contribution in [2.24, 2.45) is 0 Å². The number of carbonyl (C=O) groups excluding carboxylic acids is 1. The first kappa shape index (κ1) is 22.5. The molecule has 0 aliphatic heterocycles. The third-order valence-electron chi connectivity index (χ3n) is 3.99. The molecule has 3 rings (SSSR count). The molecule has 0 unspecified atom stereocenters. The number of halogens is 5. The van der Waals surface area contributed by atoms with Gasteiger partial charge in [-0.25, -0.2) is 13.8 Å².